The summed E-state index contributed by atoms with van der Waals surface area (Å²) in [4.78, 5) is 11.5. The molecule has 0 aliphatic carbocycles. The van der Waals surface area contributed by atoms with Crippen molar-refractivity contribution < 1.29 is 9.13 Å². The maximum absolute atomic E-state index is 14.1. The number of benzene rings is 2. The lowest BCUT2D eigenvalue weighted by atomic mass is 10.1. The molecule has 1 aromatic heterocycles. The molecule has 0 unspecified atom stereocenters. The Morgan fingerprint density at radius 3 is 2.31 bits per heavy atom. The monoisotopic (exact) mass is 434 g/mol. The first kappa shape index (κ1) is 21.9. The fraction of sp³-hybridized carbons (Fsp3) is 0.346. The molecule has 0 atom stereocenters. The summed E-state index contributed by atoms with van der Waals surface area (Å²) >= 11 is 0. The lowest BCUT2D eigenvalue weighted by molar-refractivity contribution is 0.398. The summed E-state index contributed by atoms with van der Waals surface area (Å²) < 4.78 is 19.5. The maximum Gasteiger partial charge on any atom is 0.213 e. The van der Waals surface area contributed by atoms with Crippen molar-refractivity contribution in [2.24, 2.45) is 0 Å². The Morgan fingerprint density at radius 2 is 1.62 bits per heavy atom. The number of methoxy groups -OCH3 is 1. The number of rotatable bonds is 5. The van der Waals surface area contributed by atoms with E-state index in [-0.39, 0.29) is 5.82 Å². The van der Waals surface area contributed by atoms with E-state index in [4.69, 9.17) is 9.72 Å². The summed E-state index contributed by atoms with van der Waals surface area (Å²) in [6.45, 7) is 5.28. The molecule has 4 rings (SSSR count). The van der Waals surface area contributed by atoms with Crippen molar-refractivity contribution in [2.75, 3.05) is 62.1 Å². The highest BCUT2D eigenvalue weighted by atomic mass is 19.1. The molecule has 3 aromatic rings. The Hall–Kier alpha value is -3.28. The zero-order valence-corrected chi connectivity index (χ0v) is 19.3. The van der Waals surface area contributed by atoms with Gasteiger partial charge in [-0.15, -0.1) is 0 Å². The van der Waals surface area contributed by atoms with Gasteiger partial charge in [0.25, 0.3) is 0 Å². The van der Waals surface area contributed by atoms with Crippen LogP contribution in [0.1, 0.15) is 12.0 Å². The van der Waals surface area contributed by atoms with Crippen molar-refractivity contribution in [1.82, 2.24) is 4.98 Å². The lowest BCUT2D eigenvalue weighted by Gasteiger charge is -2.26. The number of hydrogen-bond donors (Lipinski definition) is 0. The molecule has 168 valence electrons. The third-order valence-corrected chi connectivity index (χ3v) is 6.07. The minimum atomic E-state index is -0.147. The minimum Gasteiger partial charge on any atom is -0.481 e. The van der Waals surface area contributed by atoms with Crippen LogP contribution in [-0.4, -0.2) is 52.4 Å². The number of anilines is 3. The average Bonchev–Trinajstić information content (AvgIpc) is 3.07. The van der Waals surface area contributed by atoms with Crippen LogP contribution in [0.2, 0.25) is 0 Å². The first-order valence-electron chi connectivity index (χ1n) is 11.0. The van der Waals surface area contributed by atoms with E-state index < -0.39 is 0 Å². The number of hydrogen-bond acceptors (Lipinski definition) is 5. The zero-order valence-electron chi connectivity index (χ0n) is 19.3. The molecule has 6 heteroatoms. The molecule has 32 heavy (non-hydrogen) atoms. The molecular weight excluding hydrogens is 403 g/mol. The summed E-state index contributed by atoms with van der Waals surface area (Å²) in [6.07, 6.45) is 0.987. The second-order valence-corrected chi connectivity index (χ2v) is 8.42. The van der Waals surface area contributed by atoms with Gasteiger partial charge in [-0.05, 0) is 49.2 Å². The van der Waals surface area contributed by atoms with Crippen LogP contribution in [0.3, 0.4) is 0 Å². The van der Waals surface area contributed by atoms with E-state index in [0.29, 0.717) is 11.4 Å². The molecule has 0 bridgehead atoms. The molecule has 1 saturated heterocycles. The van der Waals surface area contributed by atoms with Crippen LogP contribution in [0.5, 0.6) is 5.88 Å². The van der Waals surface area contributed by atoms with Crippen molar-refractivity contribution >= 4 is 17.1 Å². The minimum absolute atomic E-state index is 0.147. The van der Waals surface area contributed by atoms with Crippen LogP contribution in [0, 0.1) is 12.7 Å². The van der Waals surface area contributed by atoms with E-state index in [9.17, 15) is 4.39 Å². The van der Waals surface area contributed by atoms with Gasteiger partial charge in [0.05, 0.1) is 18.5 Å². The van der Waals surface area contributed by atoms with Gasteiger partial charge >= 0.3 is 0 Å². The Balaban J connectivity index is 1.61. The van der Waals surface area contributed by atoms with Crippen LogP contribution in [0.4, 0.5) is 21.5 Å². The smallest absolute Gasteiger partial charge is 0.213 e. The number of pyridine rings is 1. The van der Waals surface area contributed by atoms with E-state index in [0.717, 1.165) is 60.9 Å². The number of ether oxygens (including phenoxy) is 1. The highest BCUT2D eigenvalue weighted by Gasteiger charge is 2.20. The average molecular weight is 435 g/mol. The van der Waals surface area contributed by atoms with Crippen LogP contribution in [0.25, 0.3) is 11.3 Å². The van der Waals surface area contributed by atoms with Crippen LogP contribution in [-0.2, 0) is 0 Å². The Bertz CT molecular complexity index is 1070. The molecule has 0 amide bonds. The second kappa shape index (κ2) is 9.47. The molecule has 2 aromatic carbocycles. The molecule has 0 N–H and O–H groups in total. The molecule has 2 heterocycles. The molecule has 1 aliphatic heterocycles. The lowest BCUT2D eigenvalue weighted by Crippen LogP contribution is -2.31. The summed E-state index contributed by atoms with van der Waals surface area (Å²) in [5, 5.41) is 0. The van der Waals surface area contributed by atoms with Gasteiger partial charge in [0.15, 0.2) is 0 Å². The quantitative estimate of drug-likeness (QED) is 0.565. The predicted octanol–water partition coefficient (Wildman–Crippen LogP) is 4.99. The van der Waals surface area contributed by atoms with Gasteiger partial charge in [0, 0.05) is 63.3 Å². The molecule has 1 aliphatic rings. The van der Waals surface area contributed by atoms with E-state index in [1.165, 1.54) is 0 Å². The van der Waals surface area contributed by atoms with Gasteiger partial charge in [0.2, 0.25) is 5.88 Å². The van der Waals surface area contributed by atoms with Gasteiger partial charge in [-0.1, -0.05) is 18.2 Å². The van der Waals surface area contributed by atoms with Crippen molar-refractivity contribution in [2.45, 2.75) is 13.3 Å². The standard InChI is InChI=1S/C26H31FN4O/c1-19-6-9-22(18-23(19)27)30-14-5-15-31(17-16-30)24-12-13-25(32-4)28-26(24)20-7-10-21(11-8-20)29(2)3/h6-13,18H,5,14-17H2,1-4H3. The number of aryl methyl sites for hydroxylation is 1. The third-order valence-electron chi connectivity index (χ3n) is 6.07. The Labute approximate surface area is 190 Å². The van der Waals surface area contributed by atoms with E-state index in [1.807, 2.05) is 32.3 Å². The summed E-state index contributed by atoms with van der Waals surface area (Å²) in [6, 6.07) is 18.0. The van der Waals surface area contributed by atoms with Crippen molar-refractivity contribution in [3.63, 3.8) is 0 Å². The highest BCUT2D eigenvalue weighted by molar-refractivity contribution is 5.77. The van der Waals surface area contributed by atoms with E-state index in [1.54, 1.807) is 20.1 Å². The number of nitrogens with zero attached hydrogens (tertiary/aromatic N) is 4. The summed E-state index contributed by atoms with van der Waals surface area (Å²) in [5.74, 6) is 0.457. The first-order valence-corrected chi connectivity index (χ1v) is 11.0. The highest BCUT2D eigenvalue weighted by Crippen LogP contribution is 2.33. The van der Waals surface area contributed by atoms with E-state index in [2.05, 4.69) is 45.0 Å². The summed E-state index contributed by atoms with van der Waals surface area (Å²) in [5.41, 5.74) is 5.85. The van der Waals surface area contributed by atoms with Gasteiger partial charge in [0.1, 0.15) is 5.82 Å². The van der Waals surface area contributed by atoms with Gasteiger partial charge < -0.3 is 19.4 Å². The molecule has 0 radical (unpaired) electrons. The number of aromatic nitrogens is 1. The second-order valence-electron chi connectivity index (χ2n) is 8.42. The normalized spacial score (nSPS) is 14.3. The molecular formula is C26H31FN4O. The van der Waals surface area contributed by atoms with Crippen molar-refractivity contribution in [3.8, 4) is 17.1 Å². The molecule has 0 spiro atoms. The number of halogens is 1. The van der Waals surface area contributed by atoms with Crippen LogP contribution >= 0.6 is 0 Å². The van der Waals surface area contributed by atoms with Crippen molar-refractivity contribution in [3.05, 3.63) is 66.0 Å². The van der Waals surface area contributed by atoms with Gasteiger partial charge in [-0.25, -0.2) is 9.37 Å². The van der Waals surface area contributed by atoms with Crippen LogP contribution < -0.4 is 19.4 Å². The first-order chi connectivity index (χ1) is 15.5. The molecule has 1 fully saturated rings. The molecule has 5 nitrogen and oxygen atoms in total. The van der Waals surface area contributed by atoms with Crippen LogP contribution in [0.15, 0.2) is 54.6 Å². The fourth-order valence-electron chi connectivity index (χ4n) is 4.13. The van der Waals surface area contributed by atoms with E-state index >= 15 is 0 Å². The zero-order chi connectivity index (χ0) is 22.7. The Morgan fingerprint density at radius 1 is 0.906 bits per heavy atom. The van der Waals surface area contributed by atoms with Crippen molar-refractivity contribution in [1.29, 1.82) is 0 Å². The van der Waals surface area contributed by atoms with Gasteiger partial charge in [-0.3, -0.25) is 0 Å². The van der Waals surface area contributed by atoms with Gasteiger partial charge in [-0.2, -0.15) is 0 Å². The predicted molar refractivity (Wildman–Crippen MR) is 131 cm³/mol. The summed E-state index contributed by atoms with van der Waals surface area (Å²) in [7, 11) is 5.71. The third kappa shape index (κ3) is 4.64. The maximum atomic E-state index is 14.1. The largest absolute Gasteiger partial charge is 0.481 e. The molecule has 0 saturated carbocycles. The fourth-order valence-corrected chi connectivity index (χ4v) is 4.13. The SMILES string of the molecule is COc1ccc(N2CCCN(c3ccc(C)c(F)c3)CC2)c(-c2ccc(N(C)C)cc2)n1. The topological polar surface area (TPSA) is 31.8 Å². The Kier molecular flexibility index (Phi) is 6.49.